The molecule has 1 heterocycles. The maximum absolute atomic E-state index is 12.8. The van der Waals surface area contributed by atoms with Crippen LogP contribution in [0.1, 0.15) is 11.3 Å². The molecule has 2 nitrogen and oxygen atoms in total. The van der Waals surface area contributed by atoms with Gasteiger partial charge in [0.25, 0.3) is 0 Å². The lowest BCUT2D eigenvalue weighted by Gasteiger charge is -2.14. The molecular formula is C18H17F3N2. The maximum Gasteiger partial charge on any atom is 0.431 e. The standard InChI is InChI=1S/C18H17F3N2/c1-23(2)11-13-5-3-4-6-15(13)12-7-8-16-14(9-12)10-17(22-16)18(19,20)21/h3-10,22H,11H2,1-2H3. The zero-order valence-electron chi connectivity index (χ0n) is 12.9. The van der Waals surface area contributed by atoms with E-state index in [-0.39, 0.29) is 0 Å². The Bertz CT molecular complexity index is 832. The summed E-state index contributed by atoms with van der Waals surface area (Å²) in [5.41, 5.74) is 2.88. The van der Waals surface area contributed by atoms with Gasteiger partial charge in [0.2, 0.25) is 0 Å². The first kappa shape index (κ1) is 15.6. The van der Waals surface area contributed by atoms with E-state index < -0.39 is 11.9 Å². The predicted molar refractivity (Wildman–Crippen MR) is 86.1 cm³/mol. The molecule has 0 amide bonds. The van der Waals surface area contributed by atoms with E-state index in [4.69, 9.17) is 0 Å². The van der Waals surface area contributed by atoms with E-state index in [1.54, 1.807) is 12.1 Å². The Morgan fingerprint density at radius 2 is 1.74 bits per heavy atom. The van der Waals surface area contributed by atoms with Crippen molar-refractivity contribution in [2.45, 2.75) is 12.7 Å². The molecule has 5 heteroatoms. The van der Waals surface area contributed by atoms with Crippen LogP contribution in [-0.2, 0) is 12.7 Å². The maximum atomic E-state index is 12.8. The zero-order valence-corrected chi connectivity index (χ0v) is 12.9. The first-order chi connectivity index (χ1) is 10.8. The number of alkyl halides is 3. The molecule has 0 aliphatic carbocycles. The molecule has 3 aromatic rings. The summed E-state index contributed by atoms with van der Waals surface area (Å²) in [4.78, 5) is 4.49. The Morgan fingerprint density at radius 1 is 1.00 bits per heavy atom. The van der Waals surface area contributed by atoms with Crippen LogP contribution in [0.3, 0.4) is 0 Å². The van der Waals surface area contributed by atoms with Crippen LogP contribution in [0, 0.1) is 0 Å². The average molecular weight is 318 g/mol. The topological polar surface area (TPSA) is 19.0 Å². The lowest BCUT2D eigenvalue weighted by Crippen LogP contribution is -2.11. The van der Waals surface area contributed by atoms with Crippen molar-refractivity contribution < 1.29 is 13.2 Å². The monoisotopic (exact) mass is 318 g/mol. The van der Waals surface area contributed by atoms with Gasteiger partial charge in [-0.15, -0.1) is 0 Å². The smallest absolute Gasteiger partial charge is 0.351 e. The second-order valence-corrected chi connectivity index (χ2v) is 5.88. The van der Waals surface area contributed by atoms with Gasteiger partial charge in [-0.25, -0.2) is 0 Å². The summed E-state index contributed by atoms with van der Waals surface area (Å²) in [5.74, 6) is 0. The van der Waals surface area contributed by atoms with Gasteiger partial charge in [0, 0.05) is 17.4 Å². The number of hydrogen-bond acceptors (Lipinski definition) is 1. The van der Waals surface area contributed by atoms with Crippen molar-refractivity contribution in [2.24, 2.45) is 0 Å². The molecular weight excluding hydrogens is 301 g/mol. The molecule has 0 saturated carbocycles. The van der Waals surface area contributed by atoms with Gasteiger partial charge in [0.05, 0.1) is 0 Å². The van der Waals surface area contributed by atoms with E-state index >= 15 is 0 Å². The molecule has 0 aliphatic rings. The first-order valence-corrected chi connectivity index (χ1v) is 7.27. The van der Waals surface area contributed by atoms with Gasteiger partial charge in [-0.2, -0.15) is 13.2 Å². The summed E-state index contributed by atoms with van der Waals surface area (Å²) in [5, 5.41) is 0.564. The Kier molecular flexibility index (Phi) is 3.90. The minimum atomic E-state index is -4.36. The second-order valence-electron chi connectivity index (χ2n) is 5.88. The molecule has 3 rings (SSSR count). The van der Waals surface area contributed by atoms with Crippen LogP contribution in [0.25, 0.3) is 22.0 Å². The van der Waals surface area contributed by atoms with E-state index in [0.717, 1.165) is 29.3 Å². The lowest BCUT2D eigenvalue weighted by atomic mass is 9.98. The normalized spacial score (nSPS) is 12.3. The summed E-state index contributed by atoms with van der Waals surface area (Å²) in [6, 6.07) is 14.5. The van der Waals surface area contributed by atoms with E-state index in [1.165, 1.54) is 0 Å². The van der Waals surface area contributed by atoms with Gasteiger partial charge < -0.3 is 9.88 Å². The number of rotatable bonds is 3. The molecule has 1 N–H and O–H groups in total. The third-order valence-electron chi connectivity index (χ3n) is 3.74. The van der Waals surface area contributed by atoms with Crippen molar-refractivity contribution >= 4 is 10.9 Å². The summed E-state index contributed by atoms with van der Waals surface area (Å²) >= 11 is 0. The molecule has 0 atom stereocenters. The van der Waals surface area contributed by atoms with Crippen LogP contribution in [0.15, 0.2) is 48.5 Å². The quantitative estimate of drug-likeness (QED) is 0.726. The van der Waals surface area contributed by atoms with Crippen LogP contribution < -0.4 is 0 Å². The summed E-state index contributed by atoms with van der Waals surface area (Å²) in [7, 11) is 3.98. The Hall–Kier alpha value is -2.27. The Morgan fingerprint density at radius 3 is 2.43 bits per heavy atom. The summed E-state index contributed by atoms with van der Waals surface area (Å²) < 4.78 is 38.5. The zero-order chi connectivity index (χ0) is 16.6. The number of benzene rings is 2. The number of aromatic nitrogens is 1. The third-order valence-corrected chi connectivity index (χ3v) is 3.74. The van der Waals surface area contributed by atoms with Crippen molar-refractivity contribution in [2.75, 3.05) is 14.1 Å². The van der Waals surface area contributed by atoms with E-state index in [1.807, 2.05) is 44.4 Å². The van der Waals surface area contributed by atoms with E-state index in [2.05, 4.69) is 9.88 Å². The number of fused-ring (bicyclic) bond motifs is 1. The van der Waals surface area contributed by atoms with Crippen molar-refractivity contribution in [3.63, 3.8) is 0 Å². The average Bonchev–Trinajstić information content (AvgIpc) is 2.90. The Labute approximate surface area is 132 Å². The van der Waals surface area contributed by atoms with Gasteiger partial charge in [-0.3, -0.25) is 0 Å². The molecule has 0 fully saturated rings. The fourth-order valence-corrected chi connectivity index (χ4v) is 2.73. The molecule has 0 unspecified atom stereocenters. The van der Waals surface area contributed by atoms with Gasteiger partial charge in [0.15, 0.2) is 0 Å². The molecule has 0 spiro atoms. The highest BCUT2D eigenvalue weighted by Gasteiger charge is 2.32. The number of nitrogens with one attached hydrogen (secondary N) is 1. The fourth-order valence-electron chi connectivity index (χ4n) is 2.73. The van der Waals surface area contributed by atoms with Crippen molar-refractivity contribution in [1.82, 2.24) is 9.88 Å². The summed E-state index contributed by atoms with van der Waals surface area (Å²) in [6.45, 7) is 0.773. The second kappa shape index (κ2) is 5.74. The van der Waals surface area contributed by atoms with Crippen LogP contribution in [0.5, 0.6) is 0 Å². The van der Waals surface area contributed by atoms with Crippen molar-refractivity contribution in [1.29, 1.82) is 0 Å². The number of halogens is 3. The molecule has 0 aliphatic heterocycles. The third kappa shape index (κ3) is 3.24. The predicted octanol–water partition coefficient (Wildman–Crippen LogP) is 4.92. The highest BCUT2D eigenvalue weighted by Crippen LogP contribution is 2.33. The SMILES string of the molecule is CN(C)Cc1ccccc1-c1ccc2[nH]c(C(F)(F)F)cc2c1. The first-order valence-electron chi connectivity index (χ1n) is 7.27. The van der Waals surface area contributed by atoms with Crippen LogP contribution >= 0.6 is 0 Å². The molecule has 1 aromatic heterocycles. The molecule has 0 bridgehead atoms. The number of nitrogens with zero attached hydrogens (tertiary/aromatic N) is 1. The number of aromatic amines is 1. The van der Waals surface area contributed by atoms with Gasteiger partial charge >= 0.3 is 6.18 Å². The number of hydrogen-bond donors (Lipinski definition) is 1. The largest absolute Gasteiger partial charge is 0.431 e. The van der Waals surface area contributed by atoms with E-state index in [0.29, 0.717) is 10.9 Å². The highest BCUT2D eigenvalue weighted by molar-refractivity contribution is 5.86. The minimum Gasteiger partial charge on any atom is -0.351 e. The van der Waals surface area contributed by atoms with Crippen LogP contribution in [-0.4, -0.2) is 24.0 Å². The van der Waals surface area contributed by atoms with Crippen molar-refractivity contribution in [3.8, 4) is 11.1 Å². The number of H-pyrrole nitrogens is 1. The van der Waals surface area contributed by atoms with Gasteiger partial charge in [-0.05, 0) is 49.0 Å². The molecule has 2 aromatic carbocycles. The van der Waals surface area contributed by atoms with Crippen LogP contribution in [0.4, 0.5) is 13.2 Å². The van der Waals surface area contributed by atoms with Crippen LogP contribution in [0.2, 0.25) is 0 Å². The molecule has 0 saturated heterocycles. The highest BCUT2D eigenvalue weighted by atomic mass is 19.4. The lowest BCUT2D eigenvalue weighted by molar-refractivity contribution is -0.140. The summed E-state index contributed by atoms with van der Waals surface area (Å²) in [6.07, 6.45) is -4.36. The van der Waals surface area contributed by atoms with Gasteiger partial charge in [0.1, 0.15) is 5.69 Å². The minimum absolute atomic E-state index is 0.492. The fraction of sp³-hybridized carbons (Fsp3) is 0.222. The molecule has 23 heavy (non-hydrogen) atoms. The van der Waals surface area contributed by atoms with Gasteiger partial charge in [-0.1, -0.05) is 30.3 Å². The van der Waals surface area contributed by atoms with E-state index in [9.17, 15) is 13.2 Å². The van der Waals surface area contributed by atoms with Crippen molar-refractivity contribution in [3.05, 3.63) is 59.8 Å². The molecule has 120 valence electrons. The Balaban J connectivity index is 2.07. The molecule has 0 radical (unpaired) electrons.